The first kappa shape index (κ1) is 14.1. The topological polar surface area (TPSA) is 67.2 Å². The summed E-state index contributed by atoms with van der Waals surface area (Å²) in [5.41, 5.74) is 6.04. The molecule has 4 N–H and O–H groups in total. The first-order valence-electron chi connectivity index (χ1n) is 5.32. The van der Waals surface area contributed by atoms with Crippen LogP contribution in [0.3, 0.4) is 0 Å². The molecule has 0 fully saturated rings. The summed E-state index contributed by atoms with van der Waals surface area (Å²) in [6, 6.07) is 4.15. The lowest BCUT2D eigenvalue weighted by molar-refractivity contribution is -0.115. The van der Waals surface area contributed by atoms with E-state index in [4.69, 9.17) is 5.73 Å². The molecule has 0 bridgehead atoms. The number of nitrogens with two attached hydrogens (primary N) is 1. The minimum atomic E-state index is -4.34. The molecule has 18 heavy (non-hydrogen) atoms. The summed E-state index contributed by atoms with van der Waals surface area (Å²) in [5.74, 6) is -0.354. The highest BCUT2D eigenvalue weighted by atomic mass is 19.4. The Morgan fingerprint density at radius 1 is 1.39 bits per heavy atom. The van der Waals surface area contributed by atoms with Crippen molar-refractivity contribution < 1.29 is 18.0 Å². The highest BCUT2D eigenvalue weighted by molar-refractivity contribution is 5.96. The van der Waals surface area contributed by atoms with E-state index < -0.39 is 12.7 Å². The number of benzene rings is 1. The number of nitrogens with one attached hydrogen (secondary N) is 2. The van der Waals surface area contributed by atoms with Gasteiger partial charge in [-0.15, -0.1) is 0 Å². The summed E-state index contributed by atoms with van der Waals surface area (Å²) in [6.07, 6.45) is -4.34. The Kier molecular flexibility index (Phi) is 4.41. The first-order valence-corrected chi connectivity index (χ1v) is 5.32. The van der Waals surface area contributed by atoms with E-state index in [1.165, 1.54) is 18.2 Å². The molecule has 0 aliphatic rings. The minimum Gasteiger partial charge on any atom is -0.397 e. The Morgan fingerprint density at radius 3 is 2.61 bits per heavy atom. The lowest BCUT2D eigenvalue weighted by atomic mass is 10.1. The maximum atomic E-state index is 12.1. The van der Waals surface area contributed by atoms with E-state index in [1.807, 2.05) is 0 Å². The van der Waals surface area contributed by atoms with Gasteiger partial charge in [0.25, 0.3) is 5.91 Å². The van der Waals surface area contributed by atoms with E-state index in [0.29, 0.717) is 6.54 Å². The average Bonchev–Trinajstić information content (AvgIpc) is 2.27. The second kappa shape index (κ2) is 5.61. The van der Waals surface area contributed by atoms with Crippen LogP contribution < -0.4 is 16.4 Å². The Labute approximate surface area is 102 Å². The van der Waals surface area contributed by atoms with Gasteiger partial charge in [0.1, 0.15) is 6.54 Å². The van der Waals surface area contributed by atoms with E-state index in [9.17, 15) is 18.0 Å². The van der Waals surface area contributed by atoms with E-state index in [0.717, 1.165) is 0 Å². The van der Waals surface area contributed by atoms with E-state index >= 15 is 0 Å². The van der Waals surface area contributed by atoms with Gasteiger partial charge in [0.05, 0.1) is 11.4 Å². The first-order chi connectivity index (χ1) is 8.33. The Morgan fingerprint density at radius 2 is 2.06 bits per heavy atom. The van der Waals surface area contributed by atoms with Crippen LogP contribution in [0.5, 0.6) is 0 Å². The SMILES string of the molecule is CCNC(=O)c1ccc(N)c(NCC(F)(F)F)c1. The van der Waals surface area contributed by atoms with Crippen LogP contribution in [0.25, 0.3) is 0 Å². The summed E-state index contributed by atoms with van der Waals surface area (Å²) in [5, 5.41) is 4.71. The number of nitrogen functional groups attached to an aromatic ring is 1. The number of hydrogen-bond donors (Lipinski definition) is 3. The lowest BCUT2D eigenvalue weighted by Gasteiger charge is -2.12. The molecule has 0 aromatic heterocycles. The van der Waals surface area contributed by atoms with Crippen molar-refractivity contribution >= 4 is 17.3 Å². The maximum Gasteiger partial charge on any atom is 0.405 e. The average molecular weight is 261 g/mol. The number of rotatable bonds is 4. The largest absolute Gasteiger partial charge is 0.405 e. The van der Waals surface area contributed by atoms with Crippen LogP contribution in [-0.4, -0.2) is 25.2 Å². The summed E-state index contributed by atoms with van der Waals surface area (Å²) in [7, 11) is 0. The minimum absolute atomic E-state index is 0.0936. The molecular formula is C11H14F3N3O. The smallest absolute Gasteiger partial charge is 0.397 e. The van der Waals surface area contributed by atoms with Gasteiger partial charge in [0, 0.05) is 12.1 Å². The van der Waals surface area contributed by atoms with Crippen molar-refractivity contribution in [2.75, 3.05) is 24.1 Å². The van der Waals surface area contributed by atoms with E-state index in [-0.39, 0.29) is 22.8 Å². The molecule has 0 aliphatic heterocycles. The van der Waals surface area contributed by atoms with Crippen LogP contribution in [0.1, 0.15) is 17.3 Å². The third kappa shape index (κ3) is 4.15. The van der Waals surface area contributed by atoms with Gasteiger partial charge in [-0.1, -0.05) is 0 Å². The highest BCUT2D eigenvalue weighted by Gasteiger charge is 2.27. The van der Waals surface area contributed by atoms with Crippen LogP contribution >= 0.6 is 0 Å². The number of halogens is 3. The van der Waals surface area contributed by atoms with Crippen molar-refractivity contribution in [3.8, 4) is 0 Å². The standard InChI is InChI=1S/C11H14F3N3O/c1-2-16-10(18)7-3-4-8(15)9(5-7)17-6-11(12,13)14/h3-5,17H,2,6,15H2,1H3,(H,16,18). The molecule has 1 rings (SSSR count). The zero-order valence-electron chi connectivity index (χ0n) is 9.77. The second-order valence-electron chi connectivity index (χ2n) is 3.63. The molecule has 7 heteroatoms. The molecule has 0 saturated heterocycles. The molecular weight excluding hydrogens is 247 g/mol. The van der Waals surface area contributed by atoms with Crippen LogP contribution in [0, 0.1) is 0 Å². The fourth-order valence-corrected chi connectivity index (χ4v) is 1.31. The van der Waals surface area contributed by atoms with Gasteiger partial charge < -0.3 is 16.4 Å². The number of carbonyl (C=O) groups excluding carboxylic acids is 1. The molecule has 100 valence electrons. The Balaban J connectivity index is 2.84. The van der Waals surface area contributed by atoms with Crippen molar-refractivity contribution in [2.24, 2.45) is 0 Å². The Hall–Kier alpha value is -1.92. The summed E-state index contributed by atoms with van der Waals surface area (Å²) in [6.45, 7) is 0.989. The zero-order chi connectivity index (χ0) is 13.8. The number of alkyl halides is 3. The third-order valence-electron chi connectivity index (χ3n) is 2.13. The van der Waals surface area contributed by atoms with Crippen LogP contribution in [0.4, 0.5) is 24.5 Å². The molecule has 1 amide bonds. The van der Waals surface area contributed by atoms with Gasteiger partial charge in [-0.05, 0) is 25.1 Å². The molecule has 0 aliphatic carbocycles. The van der Waals surface area contributed by atoms with Crippen molar-refractivity contribution in [3.05, 3.63) is 23.8 Å². The fraction of sp³-hybridized carbons (Fsp3) is 0.364. The fourth-order valence-electron chi connectivity index (χ4n) is 1.31. The predicted molar refractivity (Wildman–Crippen MR) is 63.4 cm³/mol. The van der Waals surface area contributed by atoms with Crippen molar-refractivity contribution in [3.63, 3.8) is 0 Å². The lowest BCUT2D eigenvalue weighted by Crippen LogP contribution is -2.24. The zero-order valence-corrected chi connectivity index (χ0v) is 9.77. The monoisotopic (exact) mass is 261 g/mol. The number of anilines is 2. The van der Waals surface area contributed by atoms with Crippen molar-refractivity contribution in [2.45, 2.75) is 13.1 Å². The predicted octanol–water partition coefficient (Wildman–Crippen LogP) is 1.99. The quantitative estimate of drug-likeness (QED) is 0.726. The summed E-state index contributed by atoms with van der Waals surface area (Å²) < 4.78 is 36.2. The molecule has 0 radical (unpaired) electrons. The molecule has 1 aromatic carbocycles. The van der Waals surface area contributed by atoms with Crippen LogP contribution in [0.2, 0.25) is 0 Å². The number of amides is 1. The van der Waals surface area contributed by atoms with Gasteiger partial charge in [0.15, 0.2) is 0 Å². The molecule has 0 unspecified atom stereocenters. The molecule has 4 nitrogen and oxygen atoms in total. The summed E-state index contributed by atoms with van der Waals surface area (Å²) >= 11 is 0. The molecule has 0 atom stereocenters. The number of carbonyl (C=O) groups is 1. The third-order valence-corrected chi connectivity index (χ3v) is 2.13. The van der Waals surface area contributed by atoms with Gasteiger partial charge in [-0.2, -0.15) is 13.2 Å². The Bertz CT molecular complexity index is 432. The summed E-state index contributed by atoms with van der Waals surface area (Å²) in [4.78, 5) is 11.5. The molecule has 0 saturated carbocycles. The van der Waals surface area contributed by atoms with E-state index in [1.54, 1.807) is 6.92 Å². The highest BCUT2D eigenvalue weighted by Crippen LogP contribution is 2.22. The maximum absolute atomic E-state index is 12.1. The van der Waals surface area contributed by atoms with E-state index in [2.05, 4.69) is 10.6 Å². The van der Waals surface area contributed by atoms with Crippen LogP contribution in [-0.2, 0) is 0 Å². The van der Waals surface area contributed by atoms with Crippen LogP contribution in [0.15, 0.2) is 18.2 Å². The number of hydrogen-bond acceptors (Lipinski definition) is 3. The molecule has 1 aromatic rings. The van der Waals surface area contributed by atoms with Crippen molar-refractivity contribution in [1.82, 2.24) is 5.32 Å². The molecule has 0 spiro atoms. The normalized spacial score (nSPS) is 11.1. The second-order valence-corrected chi connectivity index (χ2v) is 3.63. The van der Waals surface area contributed by atoms with Gasteiger partial charge in [-0.3, -0.25) is 4.79 Å². The van der Waals surface area contributed by atoms with Gasteiger partial charge in [-0.25, -0.2) is 0 Å². The molecule has 0 heterocycles. The van der Waals surface area contributed by atoms with Gasteiger partial charge in [0.2, 0.25) is 0 Å². The van der Waals surface area contributed by atoms with Crippen molar-refractivity contribution in [1.29, 1.82) is 0 Å². The van der Waals surface area contributed by atoms with Gasteiger partial charge >= 0.3 is 6.18 Å².